The van der Waals surface area contributed by atoms with Crippen molar-refractivity contribution in [1.82, 2.24) is 0 Å². The summed E-state index contributed by atoms with van der Waals surface area (Å²) in [7, 11) is 0. The van der Waals surface area contributed by atoms with Crippen LogP contribution < -0.4 is 0 Å². The molecule has 0 N–H and O–H groups in total. The van der Waals surface area contributed by atoms with Crippen molar-refractivity contribution >= 4 is 6.08 Å². The Hall–Kier alpha value is -2.26. The van der Waals surface area contributed by atoms with Gasteiger partial charge in [-0.1, -0.05) is 61.2 Å². The van der Waals surface area contributed by atoms with E-state index in [-0.39, 0.29) is 7.43 Å². The first kappa shape index (κ1) is 14.8. The molecule has 2 aromatic carbocycles. The van der Waals surface area contributed by atoms with Gasteiger partial charge in [0, 0.05) is 11.1 Å². The van der Waals surface area contributed by atoms with E-state index in [0.717, 1.165) is 11.1 Å². The highest BCUT2D eigenvalue weighted by Crippen LogP contribution is 2.06. The second-order valence-electron chi connectivity index (χ2n) is 4.24. The summed E-state index contributed by atoms with van der Waals surface area (Å²) in [5.41, 5.74) is 4.57. The molecule has 0 spiro atoms. The number of rotatable bonds is 1. The van der Waals surface area contributed by atoms with E-state index in [1.807, 2.05) is 13.0 Å². The maximum atomic E-state index is 3.18. The van der Waals surface area contributed by atoms with Gasteiger partial charge < -0.3 is 0 Å². The number of hydrogen-bond donors (Lipinski definition) is 0. The maximum Gasteiger partial charge on any atom is 0.0249 e. The van der Waals surface area contributed by atoms with Gasteiger partial charge in [0.05, 0.1) is 0 Å². The number of benzene rings is 2. The van der Waals surface area contributed by atoms with Crippen molar-refractivity contribution < 1.29 is 0 Å². The van der Waals surface area contributed by atoms with E-state index in [9.17, 15) is 0 Å². The minimum atomic E-state index is 0. The lowest BCUT2D eigenvalue weighted by Gasteiger charge is -1.94. The average molecular weight is 248 g/mol. The SMILES string of the molecule is C.CC=Cc1ccc(C#Cc2ccc(C)cc2)cc1. The van der Waals surface area contributed by atoms with Gasteiger partial charge in [-0.3, -0.25) is 0 Å². The van der Waals surface area contributed by atoms with Gasteiger partial charge in [0.15, 0.2) is 0 Å². The first-order valence-corrected chi connectivity index (χ1v) is 6.09. The van der Waals surface area contributed by atoms with E-state index >= 15 is 0 Å². The molecule has 0 heterocycles. The molecular weight excluding hydrogens is 228 g/mol. The van der Waals surface area contributed by atoms with Crippen LogP contribution in [-0.2, 0) is 0 Å². The zero-order valence-corrected chi connectivity index (χ0v) is 10.8. The lowest BCUT2D eigenvalue weighted by atomic mass is 10.1. The molecule has 0 fully saturated rings. The van der Waals surface area contributed by atoms with E-state index in [1.165, 1.54) is 11.1 Å². The van der Waals surface area contributed by atoms with Crippen LogP contribution in [0.25, 0.3) is 6.08 Å². The molecule has 19 heavy (non-hydrogen) atoms. The van der Waals surface area contributed by atoms with Crippen molar-refractivity contribution in [1.29, 1.82) is 0 Å². The Balaban J connectivity index is 0.00000180. The highest BCUT2D eigenvalue weighted by molar-refractivity contribution is 5.52. The van der Waals surface area contributed by atoms with Crippen LogP contribution >= 0.6 is 0 Å². The Morgan fingerprint density at radius 1 is 0.789 bits per heavy atom. The highest BCUT2D eigenvalue weighted by Gasteiger charge is 1.89. The van der Waals surface area contributed by atoms with Gasteiger partial charge in [-0.2, -0.15) is 0 Å². The third-order valence-electron chi connectivity index (χ3n) is 2.67. The van der Waals surface area contributed by atoms with Gasteiger partial charge in [0.25, 0.3) is 0 Å². The lowest BCUT2D eigenvalue weighted by Crippen LogP contribution is -1.78. The molecule has 96 valence electrons. The number of hydrogen-bond acceptors (Lipinski definition) is 0. The minimum Gasteiger partial charge on any atom is -0.0871 e. The monoisotopic (exact) mass is 248 g/mol. The molecule has 0 saturated carbocycles. The fourth-order valence-electron chi connectivity index (χ4n) is 1.65. The molecule has 0 atom stereocenters. The molecule has 0 aromatic heterocycles. The van der Waals surface area contributed by atoms with Crippen molar-refractivity contribution in [2.45, 2.75) is 21.3 Å². The zero-order valence-electron chi connectivity index (χ0n) is 10.8. The minimum absolute atomic E-state index is 0. The van der Waals surface area contributed by atoms with Crippen LogP contribution in [0.15, 0.2) is 54.6 Å². The van der Waals surface area contributed by atoms with Crippen molar-refractivity contribution in [3.8, 4) is 11.8 Å². The standard InChI is InChI=1S/C18H16.CH4/c1-3-4-16-9-11-18(12-10-16)14-13-17-7-5-15(2)6-8-17;/h3-12H,1-2H3;1H4. The highest BCUT2D eigenvalue weighted by atomic mass is 13.9. The Morgan fingerprint density at radius 3 is 1.74 bits per heavy atom. The van der Waals surface area contributed by atoms with E-state index in [1.54, 1.807) is 0 Å². The van der Waals surface area contributed by atoms with E-state index in [2.05, 4.69) is 73.4 Å². The van der Waals surface area contributed by atoms with Crippen molar-refractivity contribution in [3.63, 3.8) is 0 Å². The molecular formula is C19H20. The molecule has 0 saturated heterocycles. The van der Waals surface area contributed by atoms with Crippen LogP contribution in [0.3, 0.4) is 0 Å². The summed E-state index contributed by atoms with van der Waals surface area (Å²) in [6, 6.07) is 16.5. The third-order valence-corrected chi connectivity index (χ3v) is 2.67. The van der Waals surface area contributed by atoms with Gasteiger partial charge in [-0.05, 0) is 43.7 Å². The van der Waals surface area contributed by atoms with Crippen LogP contribution in [0.1, 0.15) is 36.6 Å². The van der Waals surface area contributed by atoms with Crippen LogP contribution in [0, 0.1) is 18.8 Å². The van der Waals surface area contributed by atoms with Gasteiger partial charge in [-0.15, -0.1) is 0 Å². The molecule has 0 nitrogen and oxygen atoms in total. The lowest BCUT2D eigenvalue weighted by molar-refractivity contribution is 1.46. The van der Waals surface area contributed by atoms with Gasteiger partial charge >= 0.3 is 0 Å². The molecule has 0 heteroatoms. The summed E-state index contributed by atoms with van der Waals surface area (Å²) >= 11 is 0. The van der Waals surface area contributed by atoms with Gasteiger partial charge in [-0.25, -0.2) is 0 Å². The Morgan fingerprint density at radius 2 is 1.26 bits per heavy atom. The van der Waals surface area contributed by atoms with Crippen molar-refractivity contribution in [3.05, 3.63) is 76.9 Å². The predicted molar refractivity (Wildman–Crippen MR) is 85.0 cm³/mol. The summed E-state index contributed by atoms with van der Waals surface area (Å²) in [6.07, 6.45) is 4.12. The largest absolute Gasteiger partial charge is 0.0871 e. The average Bonchev–Trinajstić information content (AvgIpc) is 2.40. The molecule has 0 aliphatic heterocycles. The summed E-state index contributed by atoms with van der Waals surface area (Å²) in [6.45, 7) is 4.10. The maximum absolute atomic E-state index is 3.18. The molecule has 0 amide bonds. The fourth-order valence-corrected chi connectivity index (χ4v) is 1.65. The normalized spacial score (nSPS) is 9.58. The zero-order chi connectivity index (χ0) is 12.8. The summed E-state index contributed by atoms with van der Waals surface area (Å²) in [4.78, 5) is 0. The number of aryl methyl sites for hydroxylation is 1. The van der Waals surface area contributed by atoms with Gasteiger partial charge in [0.1, 0.15) is 0 Å². The summed E-state index contributed by atoms with van der Waals surface area (Å²) in [5.74, 6) is 6.35. The van der Waals surface area contributed by atoms with Crippen molar-refractivity contribution in [2.24, 2.45) is 0 Å². The first-order valence-electron chi connectivity index (χ1n) is 6.09. The fraction of sp³-hybridized carbons (Fsp3) is 0.158. The van der Waals surface area contributed by atoms with Crippen LogP contribution in [0.4, 0.5) is 0 Å². The van der Waals surface area contributed by atoms with Crippen molar-refractivity contribution in [2.75, 3.05) is 0 Å². The molecule has 2 aromatic rings. The molecule has 0 aliphatic carbocycles. The topological polar surface area (TPSA) is 0 Å². The Kier molecular flexibility index (Phi) is 5.64. The number of allylic oxidation sites excluding steroid dienone is 1. The predicted octanol–water partition coefficient (Wildman–Crippen LogP) is 5.06. The summed E-state index contributed by atoms with van der Waals surface area (Å²) < 4.78 is 0. The molecule has 0 radical (unpaired) electrons. The van der Waals surface area contributed by atoms with E-state index < -0.39 is 0 Å². The quantitative estimate of drug-likeness (QED) is 0.618. The van der Waals surface area contributed by atoms with E-state index in [4.69, 9.17) is 0 Å². The van der Waals surface area contributed by atoms with Crippen LogP contribution in [0.2, 0.25) is 0 Å². The molecule has 0 unspecified atom stereocenters. The second-order valence-corrected chi connectivity index (χ2v) is 4.24. The summed E-state index contributed by atoms with van der Waals surface area (Å²) in [5, 5.41) is 0. The Labute approximate surface area is 116 Å². The van der Waals surface area contributed by atoms with Crippen LogP contribution in [-0.4, -0.2) is 0 Å². The molecule has 0 aliphatic rings. The Bertz CT molecular complexity index is 587. The smallest absolute Gasteiger partial charge is 0.0249 e. The van der Waals surface area contributed by atoms with Gasteiger partial charge in [0.2, 0.25) is 0 Å². The van der Waals surface area contributed by atoms with Crippen LogP contribution in [0.5, 0.6) is 0 Å². The third kappa shape index (κ3) is 4.48. The second kappa shape index (κ2) is 7.24. The first-order chi connectivity index (χ1) is 8.78. The van der Waals surface area contributed by atoms with E-state index in [0.29, 0.717) is 0 Å². The molecule has 2 rings (SSSR count). The molecule has 0 bridgehead atoms.